The molecule has 0 bridgehead atoms. The summed E-state index contributed by atoms with van der Waals surface area (Å²) >= 11 is 0. The lowest BCUT2D eigenvalue weighted by Crippen LogP contribution is -2.15. The van der Waals surface area contributed by atoms with E-state index in [0.717, 1.165) is 5.56 Å². The summed E-state index contributed by atoms with van der Waals surface area (Å²) in [5, 5.41) is 15.2. The Morgan fingerprint density at radius 1 is 1.17 bits per heavy atom. The van der Waals surface area contributed by atoms with Gasteiger partial charge in [0.2, 0.25) is 0 Å². The second-order valence-corrected chi connectivity index (χ2v) is 4.94. The van der Waals surface area contributed by atoms with Crippen molar-refractivity contribution in [1.82, 2.24) is 0 Å². The summed E-state index contributed by atoms with van der Waals surface area (Å²) in [6.45, 7) is 2.87. The Morgan fingerprint density at radius 2 is 1.91 bits per heavy atom. The highest BCUT2D eigenvalue weighted by Gasteiger charge is 2.14. The van der Waals surface area contributed by atoms with Crippen LogP contribution in [-0.2, 0) is 0 Å². The molecule has 2 aromatic carbocycles. The van der Waals surface area contributed by atoms with Gasteiger partial charge in [0.25, 0.3) is 5.69 Å². The normalized spacial score (nSPS) is 13.5. The Labute approximate surface area is 132 Å². The van der Waals surface area contributed by atoms with Crippen LogP contribution >= 0.6 is 0 Å². The predicted molar refractivity (Wildman–Crippen MR) is 86.4 cm³/mol. The second-order valence-electron chi connectivity index (χ2n) is 4.94. The first kappa shape index (κ1) is 14.8. The Morgan fingerprint density at radius 3 is 2.70 bits per heavy atom. The molecule has 0 spiro atoms. The standard InChI is InChI=1S/C16H15N3O4/c1-11(12-6-7-15-16(10-12)23-9-8-22-15)17-18-13-4-2-3-5-14(13)19(20)21/h2-7,10,18H,8-9H2,1H3. The van der Waals surface area contributed by atoms with E-state index >= 15 is 0 Å². The number of para-hydroxylation sites is 2. The molecule has 0 radical (unpaired) electrons. The van der Waals surface area contributed by atoms with Gasteiger partial charge in [-0.1, -0.05) is 12.1 Å². The topological polar surface area (TPSA) is 86.0 Å². The summed E-state index contributed by atoms with van der Waals surface area (Å²) in [5.41, 5.74) is 4.60. The molecular formula is C16H15N3O4. The number of rotatable bonds is 4. The van der Waals surface area contributed by atoms with Crippen molar-refractivity contribution in [2.75, 3.05) is 18.6 Å². The number of hydrogen-bond acceptors (Lipinski definition) is 6. The van der Waals surface area contributed by atoms with Gasteiger partial charge in [-0.3, -0.25) is 15.5 Å². The molecule has 1 aliphatic rings. The fourth-order valence-corrected chi connectivity index (χ4v) is 2.20. The van der Waals surface area contributed by atoms with E-state index in [-0.39, 0.29) is 5.69 Å². The lowest BCUT2D eigenvalue weighted by Gasteiger charge is -2.18. The van der Waals surface area contributed by atoms with Gasteiger partial charge in [-0.2, -0.15) is 5.10 Å². The van der Waals surface area contributed by atoms with Crippen LogP contribution in [-0.4, -0.2) is 23.8 Å². The number of nitro benzene ring substituents is 1. The minimum absolute atomic E-state index is 0.0220. The molecule has 0 saturated carbocycles. The predicted octanol–water partition coefficient (Wildman–Crippen LogP) is 3.20. The summed E-state index contributed by atoms with van der Waals surface area (Å²) in [7, 11) is 0. The van der Waals surface area contributed by atoms with E-state index in [4.69, 9.17) is 9.47 Å². The van der Waals surface area contributed by atoms with Gasteiger partial charge in [-0.15, -0.1) is 0 Å². The van der Waals surface area contributed by atoms with E-state index in [1.165, 1.54) is 6.07 Å². The SMILES string of the molecule is CC(=NNc1ccccc1[N+](=O)[O-])c1ccc2c(c1)OCCO2. The van der Waals surface area contributed by atoms with Crippen LogP contribution in [0.1, 0.15) is 12.5 Å². The van der Waals surface area contributed by atoms with Crippen LogP contribution < -0.4 is 14.9 Å². The molecule has 1 heterocycles. The quantitative estimate of drug-likeness (QED) is 0.532. The highest BCUT2D eigenvalue weighted by molar-refractivity contribution is 5.99. The van der Waals surface area contributed by atoms with Gasteiger partial charge in [0.05, 0.1) is 10.6 Å². The lowest BCUT2D eigenvalue weighted by atomic mass is 10.1. The van der Waals surface area contributed by atoms with Crippen molar-refractivity contribution in [3.63, 3.8) is 0 Å². The van der Waals surface area contributed by atoms with Gasteiger partial charge < -0.3 is 9.47 Å². The Bertz CT molecular complexity index is 774. The monoisotopic (exact) mass is 313 g/mol. The van der Waals surface area contributed by atoms with Crippen molar-refractivity contribution in [3.05, 3.63) is 58.1 Å². The second kappa shape index (κ2) is 6.35. The highest BCUT2D eigenvalue weighted by atomic mass is 16.6. The van der Waals surface area contributed by atoms with Crippen LogP contribution in [0.5, 0.6) is 11.5 Å². The van der Waals surface area contributed by atoms with E-state index in [1.54, 1.807) is 18.2 Å². The Kier molecular flexibility index (Phi) is 4.09. The summed E-state index contributed by atoms with van der Waals surface area (Å²) in [4.78, 5) is 10.5. The van der Waals surface area contributed by atoms with E-state index in [1.807, 2.05) is 25.1 Å². The molecule has 0 fully saturated rings. The fourth-order valence-electron chi connectivity index (χ4n) is 2.20. The maximum Gasteiger partial charge on any atom is 0.294 e. The van der Waals surface area contributed by atoms with Crippen molar-refractivity contribution in [1.29, 1.82) is 0 Å². The van der Waals surface area contributed by atoms with E-state index in [0.29, 0.717) is 36.1 Å². The molecule has 0 saturated heterocycles. The molecule has 1 N–H and O–H groups in total. The summed E-state index contributed by atoms with van der Waals surface area (Å²) in [5.74, 6) is 1.38. The number of hydrogen-bond donors (Lipinski definition) is 1. The molecule has 23 heavy (non-hydrogen) atoms. The van der Waals surface area contributed by atoms with Crippen LogP contribution in [0, 0.1) is 10.1 Å². The largest absolute Gasteiger partial charge is 0.486 e. The van der Waals surface area contributed by atoms with E-state index in [2.05, 4.69) is 10.5 Å². The average Bonchev–Trinajstić information content (AvgIpc) is 2.59. The molecule has 7 nitrogen and oxygen atoms in total. The van der Waals surface area contributed by atoms with Gasteiger partial charge in [0.1, 0.15) is 18.9 Å². The number of nitro groups is 1. The van der Waals surface area contributed by atoms with Gasteiger partial charge in [0.15, 0.2) is 11.5 Å². The number of anilines is 1. The maximum absolute atomic E-state index is 11.0. The van der Waals surface area contributed by atoms with Gasteiger partial charge in [-0.25, -0.2) is 0 Å². The minimum Gasteiger partial charge on any atom is -0.486 e. The summed E-state index contributed by atoms with van der Waals surface area (Å²) in [6, 6.07) is 11.9. The molecule has 2 aromatic rings. The van der Waals surface area contributed by atoms with Crippen LogP contribution in [0.3, 0.4) is 0 Å². The number of benzene rings is 2. The van der Waals surface area contributed by atoms with E-state index in [9.17, 15) is 10.1 Å². The zero-order valence-corrected chi connectivity index (χ0v) is 12.5. The maximum atomic E-state index is 11.0. The smallest absolute Gasteiger partial charge is 0.294 e. The van der Waals surface area contributed by atoms with Crippen molar-refractivity contribution in [2.24, 2.45) is 5.10 Å². The molecule has 0 unspecified atom stereocenters. The third-order valence-corrected chi connectivity index (χ3v) is 3.40. The molecule has 1 aliphatic heterocycles. The Hall–Kier alpha value is -3.09. The molecule has 118 valence electrons. The third kappa shape index (κ3) is 3.23. The number of fused-ring (bicyclic) bond motifs is 1. The van der Waals surface area contributed by atoms with Crippen molar-refractivity contribution < 1.29 is 14.4 Å². The molecule has 0 aliphatic carbocycles. The fraction of sp³-hybridized carbons (Fsp3) is 0.188. The van der Waals surface area contributed by atoms with Crippen molar-refractivity contribution >= 4 is 17.1 Å². The van der Waals surface area contributed by atoms with Gasteiger partial charge >= 0.3 is 0 Å². The number of nitrogens with zero attached hydrogens (tertiary/aromatic N) is 2. The van der Waals surface area contributed by atoms with Crippen LogP contribution in [0.4, 0.5) is 11.4 Å². The first-order valence-electron chi connectivity index (χ1n) is 7.09. The first-order chi connectivity index (χ1) is 11.1. The zero-order valence-electron chi connectivity index (χ0n) is 12.5. The molecule has 0 aromatic heterocycles. The average molecular weight is 313 g/mol. The molecule has 0 atom stereocenters. The Balaban J connectivity index is 1.82. The zero-order chi connectivity index (χ0) is 16.2. The molecule has 7 heteroatoms. The minimum atomic E-state index is -0.447. The first-order valence-corrected chi connectivity index (χ1v) is 7.09. The molecular weight excluding hydrogens is 298 g/mol. The van der Waals surface area contributed by atoms with E-state index < -0.39 is 4.92 Å². The lowest BCUT2D eigenvalue weighted by molar-refractivity contribution is -0.384. The van der Waals surface area contributed by atoms with Gasteiger partial charge in [-0.05, 0) is 31.2 Å². The van der Waals surface area contributed by atoms with Crippen molar-refractivity contribution in [2.45, 2.75) is 6.92 Å². The number of nitrogens with one attached hydrogen (secondary N) is 1. The van der Waals surface area contributed by atoms with Crippen molar-refractivity contribution in [3.8, 4) is 11.5 Å². The van der Waals surface area contributed by atoms with Crippen LogP contribution in [0.15, 0.2) is 47.6 Å². The number of ether oxygens (including phenoxy) is 2. The van der Waals surface area contributed by atoms with Crippen LogP contribution in [0.25, 0.3) is 0 Å². The summed E-state index contributed by atoms with van der Waals surface area (Å²) in [6.07, 6.45) is 0. The van der Waals surface area contributed by atoms with Crippen LogP contribution in [0.2, 0.25) is 0 Å². The molecule has 0 amide bonds. The highest BCUT2D eigenvalue weighted by Crippen LogP contribution is 2.31. The third-order valence-electron chi connectivity index (χ3n) is 3.40. The van der Waals surface area contributed by atoms with Gasteiger partial charge in [0, 0.05) is 11.6 Å². The summed E-state index contributed by atoms with van der Waals surface area (Å²) < 4.78 is 11.0. The number of hydrazone groups is 1. The molecule has 3 rings (SSSR count).